The lowest BCUT2D eigenvalue weighted by atomic mass is 10.3. The third-order valence-corrected chi connectivity index (χ3v) is 4.94. The van der Waals surface area contributed by atoms with Gasteiger partial charge in [0.15, 0.2) is 0 Å². The van der Waals surface area contributed by atoms with Crippen molar-refractivity contribution in [2.45, 2.75) is 0 Å². The van der Waals surface area contributed by atoms with Crippen LogP contribution in [-0.2, 0) is 0 Å². The lowest BCUT2D eigenvalue weighted by Gasteiger charge is -2.26. The minimum absolute atomic E-state index is 0.214. The van der Waals surface area contributed by atoms with Crippen LogP contribution in [0.3, 0.4) is 0 Å². The van der Waals surface area contributed by atoms with Gasteiger partial charge in [-0.2, -0.15) is 0 Å². The van der Waals surface area contributed by atoms with Crippen LogP contribution in [0, 0.1) is 0 Å². The fraction of sp³-hybridized carbons (Fsp3) is 0.571. The van der Waals surface area contributed by atoms with Crippen LogP contribution in [0.15, 0.2) is 30.3 Å². The van der Waals surface area contributed by atoms with Crippen LogP contribution in [0.2, 0.25) is 0 Å². The van der Waals surface area contributed by atoms with E-state index in [1.807, 2.05) is 0 Å². The Morgan fingerprint density at radius 1 is 0.824 bits per heavy atom. The number of nitrogens with zero attached hydrogens (tertiary/aromatic N) is 1. The summed E-state index contributed by atoms with van der Waals surface area (Å²) in [6.45, 7) is 11.9. The first-order valence-corrected chi connectivity index (χ1v) is 11.0. The lowest BCUT2D eigenvalue weighted by molar-refractivity contribution is 0.874. The van der Waals surface area contributed by atoms with Gasteiger partial charge in [0.25, 0.3) is 0 Å². The molecule has 0 amide bonds. The summed E-state index contributed by atoms with van der Waals surface area (Å²) in [7, 11) is 0.428. The average Bonchev–Trinajstić information content (AvgIpc) is 2.29. The molecule has 17 heavy (non-hydrogen) atoms. The van der Waals surface area contributed by atoms with Gasteiger partial charge in [-0.05, 0) is 51.1 Å². The predicted octanol–water partition coefficient (Wildman–Crippen LogP) is 3.98. The van der Waals surface area contributed by atoms with Gasteiger partial charge in [-0.1, -0.05) is 18.2 Å². The lowest BCUT2D eigenvalue weighted by Crippen LogP contribution is -2.28. The van der Waals surface area contributed by atoms with Crippen LogP contribution in [0.25, 0.3) is 0 Å². The molecule has 0 aromatic heterocycles. The molecule has 0 N–H and O–H groups in total. The number of rotatable bonds is 7. The van der Waals surface area contributed by atoms with E-state index in [9.17, 15) is 0 Å². The maximum atomic E-state index is 2.56. The second-order valence-corrected chi connectivity index (χ2v) is 10.1. The zero-order valence-corrected chi connectivity index (χ0v) is 13.3. The minimum atomic E-state index is 0.214. The van der Waals surface area contributed by atoms with Crippen LogP contribution in [0.4, 0.5) is 5.69 Å². The van der Waals surface area contributed by atoms with Crippen LogP contribution >= 0.6 is 15.8 Å². The number of hydrogen-bond acceptors (Lipinski definition) is 1. The molecule has 1 aromatic rings. The van der Waals surface area contributed by atoms with Gasteiger partial charge in [0.1, 0.15) is 0 Å². The van der Waals surface area contributed by atoms with Gasteiger partial charge in [0.2, 0.25) is 0 Å². The van der Waals surface area contributed by atoms with Crippen molar-refractivity contribution in [2.75, 3.05) is 57.0 Å². The van der Waals surface area contributed by atoms with Crippen LogP contribution in [-0.4, -0.2) is 52.1 Å². The number of benzene rings is 1. The summed E-state index contributed by atoms with van der Waals surface area (Å²) in [5, 5.41) is 0. The van der Waals surface area contributed by atoms with Crippen molar-refractivity contribution >= 4 is 21.5 Å². The van der Waals surface area contributed by atoms with Crippen molar-refractivity contribution < 1.29 is 0 Å². The third kappa shape index (κ3) is 6.39. The fourth-order valence-electron chi connectivity index (χ4n) is 1.65. The Kier molecular flexibility index (Phi) is 7.09. The summed E-state index contributed by atoms with van der Waals surface area (Å²) < 4.78 is 0. The van der Waals surface area contributed by atoms with E-state index in [-0.39, 0.29) is 15.8 Å². The van der Waals surface area contributed by atoms with E-state index < -0.39 is 0 Å². The molecule has 0 atom stereocenters. The topological polar surface area (TPSA) is 3.24 Å². The van der Waals surface area contributed by atoms with Crippen molar-refractivity contribution in [3.63, 3.8) is 0 Å². The normalized spacial score (nSPS) is 11.2. The Morgan fingerprint density at radius 3 is 1.71 bits per heavy atom. The van der Waals surface area contributed by atoms with Crippen molar-refractivity contribution in [1.29, 1.82) is 0 Å². The number of hydrogen-bond donors (Lipinski definition) is 0. The maximum absolute atomic E-state index is 2.56. The van der Waals surface area contributed by atoms with Crippen molar-refractivity contribution in [2.24, 2.45) is 0 Å². The fourth-order valence-corrected chi connectivity index (χ4v) is 2.93. The Hall–Kier alpha value is -0.120. The molecule has 0 saturated carbocycles. The highest BCUT2D eigenvalue weighted by Crippen LogP contribution is 2.27. The molecule has 0 bridgehead atoms. The molecule has 0 saturated heterocycles. The third-order valence-electron chi connectivity index (χ3n) is 2.76. The summed E-state index contributed by atoms with van der Waals surface area (Å²) in [5.74, 6) is 0. The quantitative estimate of drug-likeness (QED) is 0.677. The van der Waals surface area contributed by atoms with Gasteiger partial charge in [0.05, 0.1) is 0 Å². The highest BCUT2D eigenvalue weighted by atomic mass is 31.1. The predicted molar refractivity (Wildman–Crippen MR) is 85.9 cm³/mol. The summed E-state index contributed by atoms with van der Waals surface area (Å²) in [6.07, 6.45) is 2.69. The molecule has 0 heterocycles. The Balaban J connectivity index is 2.58. The zero-order valence-electron chi connectivity index (χ0n) is 11.6. The summed E-state index contributed by atoms with van der Waals surface area (Å²) >= 11 is 0. The van der Waals surface area contributed by atoms with Gasteiger partial charge >= 0.3 is 0 Å². The molecule has 1 aromatic carbocycles. The minimum Gasteiger partial charge on any atom is -0.371 e. The highest BCUT2D eigenvalue weighted by Gasteiger charge is 2.07. The Morgan fingerprint density at radius 2 is 1.29 bits per heavy atom. The van der Waals surface area contributed by atoms with E-state index in [4.69, 9.17) is 0 Å². The molecule has 0 unspecified atom stereocenters. The maximum Gasteiger partial charge on any atom is 0.0366 e. The van der Waals surface area contributed by atoms with Crippen molar-refractivity contribution in [3.8, 4) is 0 Å². The van der Waals surface area contributed by atoms with Gasteiger partial charge in [-0.25, -0.2) is 0 Å². The molecule has 0 aliphatic heterocycles. The second kappa shape index (κ2) is 8.06. The second-order valence-electron chi connectivity index (χ2n) is 4.93. The molecule has 0 aliphatic carbocycles. The average molecular weight is 269 g/mol. The van der Waals surface area contributed by atoms with E-state index in [0.29, 0.717) is 0 Å². The summed E-state index contributed by atoms with van der Waals surface area (Å²) in [6, 6.07) is 10.9. The highest BCUT2D eigenvalue weighted by molar-refractivity contribution is 7.56. The number of anilines is 1. The molecule has 3 heteroatoms. The van der Waals surface area contributed by atoms with E-state index in [1.54, 1.807) is 0 Å². The smallest absolute Gasteiger partial charge is 0.0366 e. The van der Waals surface area contributed by atoms with Gasteiger partial charge in [-0.3, -0.25) is 0 Å². The zero-order chi connectivity index (χ0) is 12.7. The van der Waals surface area contributed by atoms with Crippen LogP contribution in [0.1, 0.15) is 0 Å². The molecular formula is C14H25NP2. The molecule has 0 aliphatic rings. The molecule has 96 valence electrons. The van der Waals surface area contributed by atoms with Crippen LogP contribution in [0.5, 0.6) is 0 Å². The molecule has 1 rings (SSSR count). The number of para-hydroxylation sites is 1. The van der Waals surface area contributed by atoms with Crippen molar-refractivity contribution in [3.05, 3.63) is 30.3 Å². The molecule has 0 radical (unpaired) electrons. The Labute approximate surface area is 109 Å². The summed E-state index contributed by atoms with van der Waals surface area (Å²) in [4.78, 5) is 2.56. The largest absolute Gasteiger partial charge is 0.371 e. The van der Waals surface area contributed by atoms with E-state index in [1.165, 1.54) is 31.1 Å². The standard InChI is InChI=1S/C14H25NP2/c1-16(2)12-10-15(11-13-17(3)4)14-8-6-5-7-9-14/h5-9H,10-13H2,1-4H3. The van der Waals surface area contributed by atoms with Gasteiger partial charge < -0.3 is 4.90 Å². The molecule has 0 spiro atoms. The SMILES string of the molecule is CP(C)CCN(CCP(C)C)c1ccccc1. The van der Waals surface area contributed by atoms with E-state index in [0.717, 1.165) is 0 Å². The van der Waals surface area contributed by atoms with Gasteiger partial charge in [0, 0.05) is 18.8 Å². The first kappa shape index (κ1) is 14.9. The molecule has 1 nitrogen and oxygen atoms in total. The molecular weight excluding hydrogens is 244 g/mol. The van der Waals surface area contributed by atoms with E-state index in [2.05, 4.69) is 61.9 Å². The van der Waals surface area contributed by atoms with E-state index >= 15 is 0 Å². The molecule has 0 fully saturated rings. The Bertz CT molecular complexity index is 286. The van der Waals surface area contributed by atoms with Gasteiger partial charge in [-0.15, -0.1) is 15.8 Å². The first-order chi connectivity index (χ1) is 8.09. The van der Waals surface area contributed by atoms with Crippen LogP contribution < -0.4 is 4.90 Å². The summed E-state index contributed by atoms with van der Waals surface area (Å²) in [5.41, 5.74) is 1.39. The monoisotopic (exact) mass is 269 g/mol. The van der Waals surface area contributed by atoms with Crippen molar-refractivity contribution in [1.82, 2.24) is 0 Å². The first-order valence-electron chi connectivity index (χ1n) is 6.19.